The average Bonchev–Trinajstić information content (AvgIpc) is 2.55. The van der Waals surface area contributed by atoms with E-state index in [9.17, 15) is 10.0 Å². The molecule has 94 valence electrons. The van der Waals surface area contributed by atoms with Crippen molar-refractivity contribution in [2.75, 3.05) is 13.1 Å². The number of carbonyl (C=O) groups excluding carboxylic acids is 1. The van der Waals surface area contributed by atoms with E-state index < -0.39 is 5.91 Å². The lowest BCUT2D eigenvalue weighted by molar-refractivity contribution is -0.0547. The molecule has 0 saturated heterocycles. The highest BCUT2D eigenvalue weighted by Crippen LogP contribution is 2.24. The summed E-state index contributed by atoms with van der Waals surface area (Å²) >= 11 is 3.39. The normalized spacial score (nSPS) is 15.2. The van der Waals surface area contributed by atoms with Crippen molar-refractivity contribution in [1.82, 2.24) is 20.2 Å². The molecule has 0 spiro atoms. The minimum atomic E-state index is -0.472. The van der Waals surface area contributed by atoms with Crippen LogP contribution in [0.4, 0.5) is 0 Å². The molecule has 0 unspecified atom stereocenters. The lowest BCUT2D eigenvalue weighted by Crippen LogP contribution is -2.27. The minimum Gasteiger partial charge on any atom is -0.311 e. The molecule has 7 heteroatoms. The fourth-order valence-corrected chi connectivity index (χ4v) is 2.39. The number of hydrogen-bond acceptors (Lipinski definition) is 4. The number of fused-ring (bicyclic) bond motifs is 1. The largest absolute Gasteiger partial charge is 0.311 e. The van der Waals surface area contributed by atoms with Crippen molar-refractivity contribution in [2.24, 2.45) is 0 Å². The third-order valence-corrected chi connectivity index (χ3v) is 3.58. The van der Waals surface area contributed by atoms with E-state index in [0.717, 1.165) is 25.2 Å². The van der Waals surface area contributed by atoms with E-state index in [-0.39, 0.29) is 12.2 Å². The molecule has 0 aliphatic carbocycles. The summed E-state index contributed by atoms with van der Waals surface area (Å²) in [5.41, 5.74) is 1.23. The Bertz CT molecular complexity index is 432. The number of aryl methyl sites for hydroxylation is 1. The number of aromatic nitrogens is 2. The van der Waals surface area contributed by atoms with Gasteiger partial charge in [0.2, 0.25) is 0 Å². The molecular formula is C10H15BrN4O2. The Kier molecular flexibility index (Phi) is 3.80. The molecule has 1 aliphatic heterocycles. The van der Waals surface area contributed by atoms with Crippen LogP contribution in [0.1, 0.15) is 29.5 Å². The van der Waals surface area contributed by atoms with Crippen LogP contribution in [0.3, 0.4) is 0 Å². The predicted molar refractivity (Wildman–Crippen MR) is 64.7 cm³/mol. The fourth-order valence-electron chi connectivity index (χ4n) is 1.79. The van der Waals surface area contributed by atoms with Crippen LogP contribution in [0.2, 0.25) is 0 Å². The van der Waals surface area contributed by atoms with Gasteiger partial charge in [-0.25, -0.2) is 5.06 Å². The highest BCUT2D eigenvalue weighted by Gasteiger charge is 2.24. The quantitative estimate of drug-likeness (QED) is 0.631. The average molecular weight is 303 g/mol. The van der Waals surface area contributed by atoms with Crippen molar-refractivity contribution < 1.29 is 10.0 Å². The third-order valence-electron chi connectivity index (χ3n) is 2.75. The number of nitrogens with zero attached hydrogens (tertiary/aromatic N) is 3. The van der Waals surface area contributed by atoms with Crippen molar-refractivity contribution in [3.63, 3.8) is 0 Å². The monoisotopic (exact) mass is 302 g/mol. The summed E-state index contributed by atoms with van der Waals surface area (Å²) in [6, 6.07) is 0. The number of carbonyl (C=O) groups is 1. The van der Waals surface area contributed by atoms with E-state index in [1.54, 1.807) is 6.92 Å². The van der Waals surface area contributed by atoms with E-state index in [4.69, 9.17) is 0 Å². The Hall–Kier alpha value is -0.920. The molecule has 1 aromatic rings. The molecular weight excluding hydrogens is 288 g/mol. The second-order valence-corrected chi connectivity index (χ2v) is 4.68. The highest BCUT2D eigenvalue weighted by atomic mass is 79.9. The van der Waals surface area contributed by atoms with Crippen LogP contribution in [0, 0.1) is 0 Å². The molecule has 6 nitrogen and oxygen atoms in total. The lowest BCUT2D eigenvalue weighted by Gasteiger charge is -2.10. The number of hydroxylamine groups is 2. The molecule has 2 heterocycles. The Morgan fingerprint density at radius 1 is 1.71 bits per heavy atom. The summed E-state index contributed by atoms with van der Waals surface area (Å²) in [7, 11) is 0. The molecule has 0 fully saturated rings. The molecule has 0 saturated carbocycles. The second kappa shape index (κ2) is 5.16. The van der Waals surface area contributed by atoms with Crippen molar-refractivity contribution >= 4 is 21.8 Å². The van der Waals surface area contributed by atoms with Gasteiger partial charge in [-0.3, -0.25) is 14.7 Å². The van der Waals surface area contributed by atoms with E-state index in [2.05, 4.69) is 26.3 Å². The maximum Gasteiger partial charge on any atom is 0.298 e. The topological polar surface area (TPSA) is 70.4 Å². The van der Waals surface area contributed by atoms with Gasteiger partial charge in [-0.05, 0) is 35.8 Å². The first-order valence-electron chi connectivity index (χ1n) is 5.61. The van der Waals surface area contributed by atoms with Gasteiger partial charge in [-0.1, -0.05) is 0 Å². The van der Waals surface area contributed by atoms with Gasteiger partial charge in [0.25, 0.3) is 5.91 Å². The van der Waals surface area contributed by atoms with Gasteiger partial charge in [0, 0.05) is 19.6 Å². The summed E-state index contributed by atoms with van der Waals surface area (Å²) in [4.78, 5) is 11.8. The summed E-state index contributed by atoms with van der Waals surface area (Å²) in [5, 5.41) is 17.6. The fraction of sp³-hybridized carbons (Fsp3) is 0.600. The molecule has 17 heavy (non-hydrogen) atoms. The summed E-state index contributed by atoms with van der Waals surface area (Å²) < 4.78 is 2.49. The summed E-state index contributed by atoms with van der Waals surface area (Å²) in [5.74, 6) is -0.472. The predicted octanol–water partition coefficient (Wildman–Crippen LogP) is 0.990. The molecule has 0 radical (unpaired) electrons. The van der Waals surface area contributed by atoms with Crippen LogP contribution in [-0.4, -0.2) is 39.0 Å². The third kappa shape index (κ3) is 2.36. The first kappa shape index (κ1) is 12.5. The molecule has 0 bridgehead atoms. The van der Waals surface area contributed by atoms with Crippen molar-refractivity contribution in [2.45, 2.75) is 26.4 Å². The number of amides is 1. The maximum atomic E-state index is 11.8. The number of rotatable bonds is 2. The Morgan fingerprint density at radius 3 is 3.18 bits per heavy atom. The molecule has 2 rings (SSSR count). The van der Waals surface area contributed by atoms with Gasteiger partial charge >= 0.3 is 0 Å². The summed E-state index contributed by atoms with van der Waals surface area (Å²) in [6.07, 6.45) is 0.978. The van der Waals surface area contributed by atoms with E-state index >= 15 is 0 Å². The number of hydrogen-bond donors (Lipinski definition) is 2. The SMILES string of the molecule is CCN(O)C(=O)c1nn2c(c1Br)CNCCC2. The second-order valence-electron chi connectivity index (χ2n) is 3.88. The van der Waals surface area contributed by atoms with E-state index in [0.29, 0.717) is 16.1 Å². The lowest BCUT2D eigenvalue weighted by atomic mass is 10.3. The molecule has 1 aromatic heterocycles. The zero-order valence-corrected chi connectivity index (χ0v) is 11.2. The molecule has 1 aliphatic rings. The molecule has 0 aromatic carbocycles. The smallest absolute Gasteiger partial charge is 0.298 e. The van der Waals surface area contributed by atoms with Gasteiger partial charge in [0.15, 0.2) is 5.69 Å². The molecule has 0 atom stereocenters. The van der Waals surface area contributed by atoms with Crippen LogP contribution in [0.5, 0.6) is 0 Å². The van der Waals surface area contributed by atoms with Crippen molar-refractivity contribution in [3.05, 3.63) is 15.9 Å². The van der Waals surface area contributed by atoms with Crippen LogP contribution in [0.15, 0.2) is 4.47 Å². The van der Waals surface area contributed by atoms with Crippen LogP contribution >= 0.6 is 15.9 Å². The van der Waals surface area contributed by atoms with Gasteiger partial charge in [-0.2, -0.15) is 5.10 Å². The van der Waals surface area contributed by atoms with Gasteiger partial charge in [0.1, 0.15) is 0 Å². The highest BCUT2D eigenvalue weighted by molar-refractivity contribution is 9.10. The Balaban J connectivity index is 2.34. The van der Waals surface area contributed by atoms with E-state index in [1.165, 1.54) is 0 Å². The molecule has 2 N–H and O–H groups in total. The minimum absolute atomic E-state index is 0.242. The first-order valence-corrected chi connectivity index (χ1v) is 6.41. The van der Waals surface area contributed by atoms with Gasteiger partial charge < -0.3 is 5.32 Å². The zero-order chi connectivity index (χ0) is 12.4. The molecule has 1 amide bonds. The zero-order valence-electron chi connectivity index (χ0n) is 9.61. The van der Waals surface area contributed by atoms with Crippen LogP contribution < -0.4 is 5.32 Å². The standard InChI is InChI=1S/C10H15BrN4O2/c1-2-15(17)10(16)9-8(11)7-6-12-4-3-5-14(7)13-9/h12,17H,2-6H2,1H3. The Labute approximate surface area is 108 Å². The van der Waals surface area contributed by atoms with E-state index in [1.807, 2.05) is 4.68 Å². The Morgan fingerprint density at radius 2 is 2.47 bits per heavy atom. The van der Waals surface area contributed by atoms with Crippen LogP contribution in [-0.2, 0) is 13.1 Å². The number of nitrogens with one attached hydrogen (secondary N) is 1. The number of halogens is 1. The first-order chi connectivity index (χ1) is 8.15. The van der Waals surface area contributed by atoms with Crippen LogP contribution in [0.25, 0.3) is 0 Å². The summed E-state index contributed by atoms with van der Waals surface area (Å²) in [6.45, 7) is 4.35. The maximum absolute atomic E-state index is 11.8. The van der Waals surface area contributed by atoms with Gasteiger partial charge in [-0.15, -0.1) is 0 Å². The van der Waals surface area contributed by atoms with Crippen molar-refractivity contribution in [3.8, 4) is 0 Å². The van der Waals surface area contributed by atoms with Crippen molar-refractivity contribution in [1.29, 1.82) is 0 Å². The van der Waals surface area contributed by atoms with Gasteiger partial charge in [0.05, 0.1) is 10.2 Å².